The maximum atomic E-state index is 13.1. The summed E-state index contributed by atoms with van der Waals surface area (Å²) >= 11 is 6.55. The number of thiocarbonyl (C=S) groups is 1. The summed E-state index contributed by atoms with van der Waals surface area (Å²) in [6, 6.07) is 5.33. The Hall–Kier alpha value is -2.23. The van der Waals surface area contributed by atoms with Crippen LogP contribution in [0.4, 0.5) is 5.82 Å². The summed E-state index contributed by atoms with van der Waals surface area (Å²) in [5.41, 5.74) is 0.642. The van der Waals surface area contributed by atoms with Crippen LogP contribution in [0, 0.1) is 0 Å². The number of anilines is 1. The summed E-state index contributed by atoms with van der Waals surface area (Å²) in [7, 11) is 0. The van der Waals surface area contributed by atoms with Crippen LogP contribution in [-0.2, 0) is 9.53 Å². The van der Waals surface area contributed by atoms with E-state index in [2.05, 4.69) is 10.3 Å². The molecule has 3 rings (SSSR count). The number of amides is 1. The fourth-order valence-corrected chi connectivity index (χ4v) is 4.45. The molecule has 7 nitrogen and oxygen atoms in total. The smallest absolute Gasteiger partial charge is 0.267 e. The normalized spacial score (nSPS) is 15.9. The van der Waals surface area contributed by atoms with Crippen LogP contribution >= 0.6 is 24.0 Å². The molecule has 154 valence electrons. The van der Waals surface area contributed by atoms with Gasteiger partial charge in [0.15, 0.2) is 0 Å². The number of nitrogens with one attached hydrogen (secondary N) is 1. The summed E-state index contributed by atoms with van der Waals surface area (Å²) in [6.07, 6.45) is 4.04. The maximum absolute atomic E-state index is 13.1. The maximum Gasteiger partial charge on any atom is 0.267 e. The Morgan fingerprint density at radius 1 is 1.34 bits per heavy atom. The van der Waals surface area contributed by atoms with Crippen LogP contribution in [-0.4, -0.2) is 50.3 Å². The van der Waals surface area contributed by atoms with Crippen LogP contribution in [0.2, 0.25) is 0 Å². The van der Waals surface area contributed by atoms with Crippen molar-refractivity contribution in [3.8, 4) is 0 Å². The van der Waals surface area contributed by atoms with Gasteiger partial charge in [-0.15, -0.1) is 0 Å². The van der Waals surface area contributed by atoms with E-state index in [4.69, 9.17) is 17.0 Å². The highest BCUT2D eigenvalue weighted by molar-refractivity contribution is 8.26. The van der Waals surface area contributed by atoms with Gasteiger partial charge in [-0.25, -0.2) is 4.98 Å². The van der Waals surface area contributed by atoms with Crippen molar-refractivity contribution in [1.82, 2.24) is 14.3 Å². The van der Waals surface area contributed by atoms with Crippen LogP contribution in [0.15, 0.2) is 34.1 Å². The molecule has 0 saturated carbocycles. The van der Waals surface area contributed by atoms with Crippen LogP contribution in [0.1, 0.15) is 32.8 Å². The number of pyridine rings is 1. The zero-order valence-electron chi connectivity index (χ0n) is 16.7. The van der Waals surface area contributed by atoms with Gasteiger partial charge >= 0.3 is 0 Å². The second kappa shape index (κ2) is 9.51. The highest BCUT2D eigenvalue weighted by Crippen LogP contribution is 2.34. The molecule has 2 aromatic rings. The molecule has 0 atom stereocenters. The minimum atomic E-state index is -0.238. The third-order valence-electron chi connectivity index (χ3n) is 4.35. The molecule has 9 heteroatoms. The molecule has 0 unspecified atom stereocenters. The number of fused-ring (bicyclic) bond motifs is 1. The van der Waals surface area contributed by atoms with Gasteiger partial charge in [0.05, 0.1) is 10.5 Å². The molecule has 1 N–H and O–H groups in total. The van der Waals surface area contributed by atoms with Crippen LogP contribution in [0.25, 0.3) is 11.7 Å². The summed E-state index contributed by atoms with van der Waals surface area (Å²) in [6.45, 7) is 7.65. The van der Waals surface area contributed by atoms with Crippen molar-refractivity contribution in [2.75, 3.05) is 25.1 Å². The monoisotopic (exact) mass is 432 g/mol. The Bertz CT molecular complexity index is 1020. The SMILES string of the molecule is CCOCCCNc1nc2ccccn2c(=O)c1/C=C1\SC(=S)N(C(C)C)C1=O. The number of ether oxygens (including phenoxy) is 1. The second-order valence-electron chi connectivity index (χ2n) is 6.73. The van der Waals surface area contributed by atoms with Crippen molar-refractivity contribution >= 4 is 51.7 Å². The van der Waals surface area contributed by atoms with E-state index in [0.717, 1.165) is 6.42 Å². The van der Waals surface area contributed by atoms with E-state index in [-0.39, 0.29) is 17.5 Å². The van der Waals surface area contributed by atoms with Crippen LogP contribution in [0.5, 0.6) is 0 Å². The van der Waals surface area contributed by atoms with Gasteiger partial charge in [-0.3, -0.25) is 18.9 Å². The van der Waals surface area contributed by atoms with E-state index >= 15 is 0 Å². The Morgan fingerprint density at radius 2 is 2.14 bits per heavy atom. The molecule has 0 radical (unpaired) electrons. The Kier molecular flexibility index (Phi) is 7.05. The summed E-state index contributed by atoms with van der Waals surface area (Å²) in [5.74, 6) is 0.266. The molecule has 2 aromatic heterocycles. The molecule has 0 spiro atoms. The van der Waals surface area contributed by atoms with E-state index in [0.29, 0.717) is 46.0 Å². The van der Waals surface area contributed by atoms with Gasteiger partial charge in [0.25, 0.3) is 11.5 Å². The molecule has 1 aliphatic heterocycles. The molecular weight excluding hydrogens is 408 g/mol. The number of thioether (sulfide) groups is 1. The second-order valence-corrected chi connectivity index (χ2v) is 8.41. The Balaban J connectivity index is 2.00. The van der Waals surface area contributed by atoms with Crippen molar-refractivity contribution in [3.05, 3.63) is 45.2 Å². The van der Waals surface area contributed by atoms with Crippen molar-refractivity contribution in [2.45, 2.75) is 33.2 Å². The summed E-state index contributed by atoms with van der Waals surface area (Å²) in [4.78, 5) is 32.5. The minimum Gasteiger partial charge on any atom is -0.382 e. The standard InChI is InChI=1S/C20H24N4O3S2/c1-4-27-11-7-9-21-17-14(18(25)23-10-6-5-8-16(23)22-17)12-15-19(26)24(13(2)3)20(28)29-15/h5-6,8,10,12-13,21H,4,7,9,11H2,1-3H3/b15-12-. The van der Waals surface area contributed by atoms with Gasteiger partial charge in [0.1, 0.15) is 15.8 Å². The minimum absolute atomic E-state index is 0.0413. The van der Waals surface area contributed by atoms with Crippen molar-refractivity contribution < 1.29 is 9.53 Å². The van der Waals surface area contributed by atoms with E-state index in [1.165, 1.54) is 16.2 Å². The lowest BCUT2D eigenvalue weighted by Gasteiger charge is -2.18. The number of carbonyl (C=O) groups excluding carboxylic acids is 1. The number of hydrogen-bond donors (Lipinski definition) is 1. The third-order valence-corrected chi connectivity index (χ3v) is 5.68. The van der Waals surface area contributed by atoms with E-state index in [1.54, 1.807) is 29.3 Å². The summed E-state index contributed by atoms with van der Waals surface area (Å²) < 4.78 is 7.33. The molecule has 0 bridgehead atoms. The molecule has 29 heavy (non-hydrogen) atoms. The molecule has 0 aromatic carbocycles. The molecule has 1 saturated heterocycles. The van der Waals surface area contributed by atoms with Gasteiger partial charge in [0.2, 0.25) is 0 Å². The number of carbonyl (C=O) groups is 1. The average Bonchev–Trinajstić information content (AvgIpc) is 2.97. The molecule has 1 aliphatic rings. The summed E-state index contributed by atoms with van der Waals surface area (Å²) in [5, 5.41) is 3.22. The molecular formula is C20H24N4O3S2. The highest BCUT2D eigenvalue weighted by Gasteiger charge is 2.34. The fraction of sp³-hybridized carbons (Fsp3) is 0.400. The Labute approximate surface area is 179 Å². The zero-order valence-corrected chi connectivity index (χ0v) is 18.3. The number of rotatable bonds is 8. The highest BCUT2D eigenvalue weighted by atomic mass is 32.2. The molecule has 0 aliphatic carbocycles. The van der Waals surface area contributed by atoms with Gasteiger partial charge in [0, 0.05) is 32.0 Å². The third kappa shape index (κ3) is 4.68. The van der Waals surface area contributed by atoms with Crippen LogP contribution < -0.4 is 10.9 Å². The van der Waals surface area contributed by atoms with Gasteiger partial charge in [-0.1, -0.05) is 30.0 Å². The first-order valence-electron chi connectivity index (χ1n) is 9.54. The molecule has 3 heterocycles. The predicted octanol–water partition coefficient (Wildman–Crippen LogP) is 3.14. The lowest BCUT2D eigenvalue weighted by Crippen LogP contribution is -2.34. The van der Waals surface area contributed by atoms with E-state index < -0.39 is 0 Å². The largest absolute Gasteiger partial charge is 0.382 e. The van der Waals surface area contributed by atoms with E-state index in [9.17, 15) is 9.59 Å². The fourth-order valence-electron chi connectivity index (χ4n) is 2.95. The quantitative estimate of drug-likeness (QED) is 0.390. The first kappa shape index (κ1) is 21.5. The average molecular weight is 433 g/mol. The van der Waals surface area contributed by atoms with Gasteiger partial charge < -0.3 is 10.1 Å². The number of aromatic nitrogens is 2. The predicted molar refractivity (Wildman–Crippen MR) is 121 cm³/mol. The van der Waals surface area contributed by atoms with Gasteiger partial charge in [-0.05, 0) is 45.4 Å². The molecule has 1 fully saturated rings. The van der Waals surface area contributed by atoms with Crippen molar-refractivity contribution in [3.63, 3.8) is 0 Å². The lowest BCUT2D eigenvalue weighted by molar-refractivity contribution is -0.123. The zero-order chi connectivity index (χ0) is 21.0. The Morgan fingerprint density at radius 3 is 2.83 bits per heavy atom. The molecule has 1 amide bonds. The number of nitrogens with zero attached hydrogens (tertiary/aromatic N) is 3. The van der Waals surface area contributed by atoms with Crippen molar-refractivity contribution in [1.29, 1.82) is 0 Å². The van der Waals surface area contributed by atoms with Gasteiger partial charge in [-0.2, -0.15) is 0 Å². The lowest BCUT2D eigenvalue weighted by atomic mass is 10.2. The first-order valence-corrected chi connectivity index (χ1v) is 10.8. The number of hydrogen-bond acceptors (Lipinski definition) is 7. The van der Waals surface area contributed by atoms with Crippen LogP contribution in [0.3, 0.4) is 0 Å². The van der Waals surface area contributed by atoms with Crippen molar-refractivity contribution in [2.24, 2.45) is 0 Å². The topological polar surface area (TPSA) is 75.9 Å². The first-order chi connectivity index (χ1) is 13.9. The van der Waals surface area contributed by atoms with E-state index in [1.807, 2.05) is 26.8 Å².